The number of benzene rings is 2. The lowest BCUT2D eigenvalue weighted by molar-refractivity contribution is 0.0697. The van der Waals surface area contributed by atoms with E-state index in [1.54, 1.807) is 25.3 Å². The highest BCUT2D eigenvalue weighted by Gasteiger charge is 2.21. The molecule has 26 heavy (non-hydrogen) atoms. The minimum absolute atomic E-state index is 0.257. The maximum absolute atomic E-state index is 11.2. The Balaban J connectivity index is 1.67. The smallest absolute Gasteiger partial charge is 0.335 e. The third-order valence-electron chi connectivity index (χ3n) is 4.56. The number of hydrogen-bond acceptors (Lipinski definition) is 5. The second-order valence-corrected chi connectivity index (χ2v) is 6.15. The van der Waals surface area contributed by atoms with Gasteiger partial charge in [0.2, 0.25) is 0 Å². The van der Waals surface area contributed by atoms with E-state index in [1.165, 1.54) is 0 Å². The maximum Gasteiger partial charge on any atom is 0.335 e. The molecular weight excluding hydrogens is 332 g/mol. The van der Waals surface area contributed by atoms with E-state index in [0.717, 1.165) is 39.2 Å². The van der Waals surface area contributed by atoms with Gasteiger partial charge >= 0.3 is 5.97 Å². The summed E-state index contributed by atoms with van der Waals surface area (Å²) in [6.07, 6.45) is 0. The average Bonchev–Trinajstić information content (AvgIpc) is 3.16. The molecule has 2 N–H and O–H groups in total. The van der Waals surface area contributed by atoms with Crippen molar-refractivity contribution in [3.05, 3.63) is 64.7 Å². The average molecular weight is 350 g/mol. The van der Waals surface area contributed by atoms with E-state index in [1.807, 2.05) is 24.3 Å². The number of carboxylic acid groups (broad SMARTS) is 1. The summed E-state index contributed by atoms with van der Waals surface area (Å²) < 4.78 is 10.8. The van der Waals surface area contributed by atoms with Crippen molar-refractivity contribution in [2.75, 3.05) is 12.4 Å². The molecule has 3 aromatic rings. The Morgan fingerprint density at radius 3 is 2.69 bits per heavy atom. The van der Waals surface area contributed by atoms with Crippen molar-refractivity contribution in [1.29, 1.82) is 0 Å². The number of carbonyl (C=O) groups is 1. The first-order valence-corrected chi connectivity index (χ1v) is 8.29. The zero-order chi connectivity index (χ0) is 18.1. The summed E-state index contributed by atoms with van der Waals surface area (Å²) in [5, 5.41) is 13.4. The van der Waals surface area contributed by atoms with Crippen LogP contribution in [0.4, 0.5) is 5.82 Å². The molecule has 0 unspecified atom stereocenters. The Hall–Kier alpha value is -3.12. The van der Waals surface area contributed by atoms with Crippen LogP contribution in [0.15, 0.2) is 42.5 Å². The van der Waals surface area contributed by atoms with Gasteiger partial charge in [0.1, 0.15) is 11.6 Å². The molecule has 6 heteroatoms. The fraction of sp³-hybridized carbons (Fsp3) is 0.200. The SMILES string of the molecule is COc1ccc(CNc2nc3ccc(C(=O)O)cc3c3c2COC3)cc1. The van der Waals surface area contributed by atoms with Crippen LogP contribution in [0.3, 0.4) is 0 Å². The number of fused-ring (bicyclic) bond motifs is 3. The van der Waals surface area contributed by atoms with E-state index in [-0.39, 0.29) is 5.56 Å². The molecule has 2 aromatic carbocycles. The van der Waals surface area contributed by atoms with Gasteiger partial charge < -0.3 is 19.9 Å². The summed E-state index contributed by atoms with van der Waals surface area (Å²) in [6, 6.07) is 12.8. The fourth-order valence-corrected chi connectivity index (χ4v) is 3.15. The Bertz CT molecular complexity index is 983. The van der Waals surface area contributed by atoms with E-state index in [0.29, 0.717) is 19.8 Å². The van der Waals surface area contributed by atoms with Crippen LogP contribution in [0.25, 0.3) is 10.9 Å². The van der Waals surface area contributed by atoms with Crippen LogP contribution in [-0.4, -0.2) is 23.2 Å². The van der Waals surface area contributed by atoms with Crippen LogP contribution >= 0.6 is 0 Å². The van der Waals surface area contributed by atoms with E-state index in [4.69, 9.17) is 9.47 Å². The first-order valence-electron chi connectivity index (χ1n) is 8.29. The normalized spacial score (nSPS) is 12.8. The molecular formula is C20H18N2O4. The highest BCUT2D eigenvalue weighted by Crippen LogP contribution is 2.33. The highest BCUT2D eigenvalue weighted by atomic mass is 16.5. The van der Waals surface area contributed by atoms with Crippen molar-refractivity contribution in [2.45, 2.75) is 19.8 Å². The monoisotopic (exact) mass is 350 g/mol. The molecule has 6 nitrogen and oxygen atoms in total. The van der Waals surface area contributed by atoms with Crippen LogP contribution < -0.4 is 10.1 Å². The number of rotatable bonds is 5. The molecule has 0 spiro atoms. The van der Waals surface area contributed by atoms with Gasteiger partial charge in [-0.2, -0.15) is 0 Å². The molecule has 0 aliphatic carbocycles. The quantitative estimate of drug-likeness (QED) is 0.732. The molecule has 1 aromatic heterocycles. The van der Waals surface area contributed by atoms with Crippen molar-refractivity contribution in [3.63, 3.8) is 0 Å². The molecule has 0 radical (unpaired) electrons. The van der Waals surface area contributed by atoms with Gasteiger partial charge in [-0.3, -0.25) is 0 Å². The van der Waals surface area contributed by atoms with Crippen LogP contribution in [-0.2, 0) is 24.5 Å². The fourth-order valence-electron chi connectivity index (χ4n) is 3.15. The Kier molecular flexibility index (Phi) is 4.18. The second-order valence-electron chi connectivity index (χ2n) is 6.15. The van der Waals surface area contributed by atoms with Crippen molar-refractivity contribution in [3.8, 4) is 5.75 Å². The second kappa shape index (κ2) is 6.65. The zero-order valence-corrected chi connectivity index (χ0v) is 14.3. The van der Waals surface area contributed by atoms with Gasteiger partial charge in [-0.05, 0) is 41.5 Å². The molecule has 0 amide bonds. The summed E-state index contributed by atoms with van der Waals surface area (Å²) in [5.41, 5.74) is 4.13. The maximum atomic E-state index is 11.2. The van der Waals surface area contributed by atoms with Crippen molar-refractivity contribution >= 4 is 22.7 Å². The van der Waals surface area contributed by atoms with Crippen LogP contribution in [0, 0.1) is 0 Å². The minimum Gasteiger partial charge on any atom is -0.497 e. The summed E-state index contributed by atoms with van der Waals surface area (Å²) in [5.74, 6) is 0.659. The van der Waals surface area contributed by atoms with E-state index in [2.05, 4.69) is 10.3 Å². The Labute approximate surface area is 150 Å². The molecule has 1 aliphatic heterocycles. The van der Waals surface area contributed by atoms with Crippen LogP contribution in [0.1, 0.15) is 27.0 Å². The first-order chi connectivity index (χ1) is 12.7. The van der Waals surface area contributed by atoms with Crippen molar-refractivity contribution in [1.82, 2.24) is 4.98 Å². The molecule has 2 heterocycles. The Morgan fingerprint density at radius 1 is 1.19 bits per heavy atom. The largest absolute Gasteiger partial charge is 0.497 e. The molecule has 4 rings (SSSR count). The lowest BCUT2D eigenvalue weighted by atomic mass is 10.0. The number of nitrogens with one attached hydrogen (secondary N) is 1. The lowest BCUT2D eigenvalue weighted by Crippen LogP contribution is -2.06. The van der Waals surface area contributed by atoms with Gasteiger partial charge in [-0.25, -0.2) is 9.78 Å². The topological polar surface area (TPSA) is 80.7 Å². The zero-order valence-electron chi connectivity index (χ0n) is 14.3. The van der Waals surface area contributed by atoms with Crippen LogP contribution in [0.5, 0.6) is 5.75 Å². The number of anilines is 1. The number of methoxy groups -OCH3 is 1. The Morgan fingerprint density at radius 2 is 1.96 bits per heavy atom. The number of aromatic nitrogens is 1. The van der Waals surface area contributed by atoms with Gasteiger partial charge in [0.15, 0.2) is 0 Å². The summed E-state index contributed by atoms with van der Waals surface area (Å²) >= 11 is 0. The predicted molar refractivity (Wildman–Crippen MR) is 97.5 cm³/mol. The third kappa shape index (κ3) is 2.95. The van der Waals surface area contributed by atoms with E-state index < -0.39 is 5.97 Å². The summed E-state index contributed by atoms with van der Waals surface area (Å²) in [7, 11) is 1.64. The third-order valence-corrected chi connectivity index (χ3v) is 4.56. The first kappa shape index (κ1) is 16.4. The number of nitrogens with zero attached hydrogens (tertiary/aromatic N) is 1. The lowest BCUT2D eigenvalue weighted by Gasteiger charge is -2.13. The molecule has 1 aliphatic rings. The standard InChI is InChI=1S/C20H18N2O4/c1-25-14-5-2-12(3-6-14)9-21-19-17-11-26-10-16(17)15-8-13(20(23)24)4-7-18(15)22-19/h2-8H,9-11H2,1H3,(H,21,22)(H,23,24). The van der Waals surface area contributed by atoms with Gasteiger partial charge in [-0.15, -0.1) is 0 Å². The number of aromatic carboxylic acids is 1. The van der Waals surface area contributed by atoms with Gasteiger partial charge in [0.25, 0.3) is 0 Å². The minimum atomic E-state index is -0.943. The molecule has 0 bridgehead atoms. The van der Waals surface area contributed by atoms with Gasteiger partial charge in [0.05, 0.1) is 31.4 Å². The number of carboxylic acids is 1. The van der Waals surface area contributed by atoms with Crippen molar-refractivity contribution in [2.24, 2.45) is 0 Å². The number of hydrogen-bond donors (Lipinski definition) is 2. The van der Waals surface area contributed by atoms with Crippen LogP contribution in [0.2, 0.25) is 0 Å². The molecule has 0 fully saturated rings. The number of pyridine rings is 1. The van der Waals surface area contributed by atoms with Gasteiger partial charge in [0, 0.05) is 17.5 Å². The van der Waals surface area contributed by atoms with E-state index in [9.17, 15) is 9.90 Å². The van der Waals surface area contributed by atoms with E-state index >= 15 is 0 Å². The molecule has 132 valence electrons. The predicted octanol–water partition coefficient (Wildman–Crippen LogP) is 3.58. The summed E-state index contributed by atoms with van der Waals surface area (Å²) in [6.45, 7) is 1.57. The molecule has 0 saturated heterocycles. The number of ether oxygens (including phenoxy) is 2. The molecule has 0 atom stereocenters. The molecule has 0 saturated carbocycles. The highest BCUT2D eigenvalue weighted by molar-refractivity contribution is 5.95. The summed E-state index contributed by atoms with van der Waals surface area (Å²) in [4.78, 5) is 15.9. The van der Waals surface area contributed by atoms with Gasteiger partial charge in [-0.1, -0.05) is 12.1 Å². The van der Waals surface area contributed by atoms with Crippen molar-refractivity contribution < 1.29 is 19.4 Å².